The van der Waals surface area contributed by atoms with Gasteiger partial charge in [-0.25, -0.2) is 0 Å². The zero-order valence-corrected chi connectivity index (χ0v) is 16.6. The summed E-state index contributed by atoms with van der Waals surface area (Å²) < 4.78 is 0. The molecule has 0 heterocycles. The standard InChI is InChI=1S/C22H28N2O5/c1-16-17(5-3-7-19(16)14-25)12-24(13-21(27)28)10-9-23(2)11-18-6-4-8-20(15-26)22(18)29/h2-8,25-26,29H,9-15H2,1H3,(H,27,28). The summed E-state index contributed by atoms with van der Waals surface area (Å²) in [6.07, 6.45) is 0. The fourth-order valence-corrected chi connectivity index (χ4v) is 3.19. The molecule has 29 heavy (non-hydrogen) atoms. The van der Waals surface area contributed by atoms with Crippen molar-refractivity contribution in [3.63, 3.8) is 0 Å². The number of nitrogens with zero attached hydrogens (tertiary/aromatic N) is 2. The maximum Gasteiger partial charge on any atom is 0.317 e. The van der Waals surface area contributed by atoms with E-state index in [4.69, 9.17) is 7.05 Å². The van der Waals surface area contributed by atoms with Gasteiger partial charge in [0.25, 0.3) is 0 Å². The summed E-state index contributed by atoms with van der Waals surface area (Å²) in [6.45, 7) is 2.92. The van der Waals surface area contributed by atoms with E-state index in [-0.39, 0.29) is 32.1 Å². The molecule has 0 aliphatic rings. The van der Waals surface area contributed by atoms with Crippen molar-refractivity contribution in [2.24, 2.45) is 0 Å². The first-order valence-electron chi connectivity index (χ1n) is 9.38. The van der Waals surface area contributed by atoms with Crippen molar-refractivity contribution in [3.05, 3.63) is 71.3 Å². The Labute approximate surface area is 171 Å². The smallest absolute Gasteiger partial charge is 0.317 e. The summed E-state index contributed by atoms with van der Waals surface area (Å²) in [5.74, 6) is -0.915. The molecule has 2 aromatic rings. The predicted octanol–water partition coefficient (Wildman–Crippen LogP) is 1.74. The second kappa shape index (κ2) is 10.9. The van der Waals surface area contributed by atoms with Gasteiger partial charge in [-0.05, 0) is 23.6 Å². The van der Waals surface area contributed by atoms with Crippen molar-refractivity contribution in [3.8, 4) is 5.75 Å². The highest BCUT2D eigenvalue weighted by Crippen LogP contribution is 2.23. The average Bonchev–Trinajstić information content (AvgIpc) is 2.69. The molecule has 156 valence electrons. The van der Waals surface area contributed by atoms with E-state index in [9.17, 15) is 25.2 Å². The van der Waals surface area contributed by atoms with E-state index in [1.54, 1.807) is 23.1 Å². The highest BCUT2D eigenvalue weighted by atomic mass is 16.4. The van der Waals surface area contributed by atoms with E-state index in [1.807, 2.05) is 25.1 Å². The summed E-state index contributed by atoms with van der Waals surface area (Å²) in [6, 6.07) is 10.7. The van der Waals surface area contributed by atoms with E-state index in [1.165, 1.54) is 4.90 Å². The van der Waals surface area contributed by atoms with Crippen LogP contribution < -0.4 is 0 Å². The molecule has 0 spiro atoms. The lowest BCUT2D eigenvalue weighted by molar-refractivity contribution is -0.138. The number of hydrogen-bond acceptors (Lipinski definition) is 6. The van der Waals surface area contributed by atoms with Gasteiger partial charge in [0.2, 0.25) is 0 Å². The molecule has 0 fully saturated rings. The highest BCUT2D eigenvalue weighted by Gasteiger charge is 2.15. The number of aliphatic carboxylic acids is 1. The number of carboxylic acids is 1. The van der Waals surface area contributed by atoms with Gasteiger partial charge in [-0.15, -0.1) is 0 Å². The van der Waals surface area contributed by atoms with Gasteiger partial charge in [0, 0.05) is 44.4 Å². The third-order valence-corrected chi connectivity index (χ3v) is 4.93. The normalized spacial score (nSPS) is 11.4. The van der Waals surface area contributed by atoms with Crippen LogP contribution in [0.4, 0.5) is 0 Å². The molecular formula is C22H28N2O5. The molecule has 7 heteroatoms. The van der Waals surface area contributed by atoms with E-state index >= 15 is 0 Å². The first kappa shape index (κ1) is 22.8. The number of para-hydroxylation sites is 1. The number of benzene rings is 2. The molecule has 2 radical (unpaired) electrons. The number of aromatic hydroxyl groups is 1. The molecule has 0 aliphatic heterocycles. The summed E-state index contributed by atoms with van der Waals surface area (Å²) >= 11 is 0. The zero-order valence-electron chi connectivity index (χ0n) is 16.6. The summed E-state index contributed by atoms with van der Waals surface area (Å²) in [7, 11) is 6.07. The molecule has 0 saturated carbocycles. The van der Waals surface area contributed by atoms with Crippen LogP contribution in [0.3, 0.4) is 0 Å². The monoisotopic (exact) mass is 400 g/mol. The third kappa shape index (κ3) is 6.54. The number of carbonyl (C=O) groups is 1. The fourth-order valence-electron chi connectivity index (χ4n) is 3.19. The Bertz CT molecular complexity index is 825. The van der Waals surface area contributed by atoms with Gasteiger partial charge in [-0.1, -0.05) is 36.4 Å². The van der Waals surface area contributed by atoms with Gasteiger partial charge in [0.15, 0.2) is 0 Å². The van der Waals surface area contributed by atoms with Crippen LogP contribution in [0, 0.1) is 14.0 Å². The van der Waals surface area contributed by atoms with Crippen LogP contribution in [0.2, 0.25) is 0 Å². The largest absolute Gasteiger partial charge is 0.507 e. The second-order valence-electron chi connectivity index (χ2n) is 7.02. The van der Waals surface area contributed by atoms with Crippen molar-refractivity contribution < 1.29 is 25.2 Å². The Kier molecular flexibility index (Phi) is 8.60. The van der Waals surface area contributed by atoms with Crippen LogP contribution >= 0.6 is 0 Å². The molecule has 0 aliphatic carbocycles. The number of rotatable bonds is 11. The van der Waals surface area contributed by atoms with Gasteiger partial charge in [0.05, 0.1) is 19.8 Å². The Morgan fingerprint density at radius 1 is 0.931 bits per heavy atom. The Balaban J connectivity index is 2.02. The lowest BCUT2D eigenvalue weighted by Gasteiger charge is -2.25. The molecule has 2 aromatic carbocycles. The zero-order chi connectivity index (χ0) is 21.4. The van der Waals surface area contributed by atoms with Crippen molar-refractivity contribution in [1.29, 1.82) is 0 Å². The van der Waals surface area contributed by atoms with E-state index < -0.39 is 5.97 Å². The molecule has 0 atom stereocenters. The lowest BCUT2D eigenvalue weighted by atomic mass is 10.0. The number of hydrogen-bond donors (Lipinski definition) is 4. The maximum atomic E-state index is 11.3. The molecule has 4 N–H and O–H groups in total. The molecule has 0 amide bonds. The first-order chi connectivity index (χ1) is 13.8. The minimum Gasteiger partial charge on any atom is -0.507 e. The summed E-state index contributed by atoms with van der Waals surface area (Å²) in [5, 5.41) is 38.1. The number of aliphatic hydroxyl groups excluding tert-OH is 2. The predicted molar refractivity (Wildman–Crippen MR) is 109 cm³/mol. The Morgan fingerprint density at radius 3 is 2.14 bits per heavy atom. The maximum absolute atomic E-state index is 11.3. The molecule has 0 saturated heterocycles. The summed E-state index contributed by atoms with van der Waals surface area (Å²) in [5.41, 5.74) is 3.74. The van der Waals surface area contributed by atoms with Gasteiger partial charge < -0.3 is 20.4 Å². The van der Waals surface area contributed by atoms with Crippen LogP contribution in [0.15, 0.2) is 36.4 Å². The topological polar surface area (TPSA) is 104 Å². The van der Waals surface area contributed by atoms with Crippen LogP contribution in [0.25, 0.3) is 0 Å². The van der Waals surface area contributed by atoms with E-state index in [0.717, 1.165) is 16.7 Å². The fraction of sp³-hybridized carbons (Fsp3) is 0.364. The van der Waals surface area contributed by atoms with Crippen LogP contribution in [0.5, 0.6) is 5.75 Å². The SMILES string of the molecule is [CH]N(CCN(CC(=O)O)Cc1cccc(CO)c1C)Cc1cccc(CO)c1O. The molecule has 0 bridgehead atoms. The minimum absolute atomic E-state index is 0.0179. The molecule has 0 aromatic heterocycles. The van der Waals surface area contributed by atoms with E-state index in [0.29, 0.717) is 30.8 Å². The lowest BCUT2D eigenvalue weighted by Crippen LogP contribution is -2.35. The van der Waals surface area contributed by atoms with Gasteiger partial charge in [0.1, 0.15) is 5.75 Å². The van der Waals surface area contributed by atoms with Crippen LogP contribution in [-0.4, -0.2) is 55.8 Å². The molecule has 7 nitrogen and oxygen atoms in total. The van der Waals surface area contributed by atoms with Crippen molar-refractivity contribution >= 4 is 5.97 Å². The van der Waals surface area contributed by atoms with Gasteiger partial charge >= 0.3 is 5.97 Å². The average molecular weight is 400 g/mol. The van der Waals surface area contributed by atoms with Crippen molar-refractivity contribution in [2.75, 3.05) is 19.6 Å². The Morgan fingerprint density at radius 2 is 1.52 bits per heavy atom. The van der Waals surface area contributed by atoms with Gasteiger partial charge in [-0.2, -0.15) is 0 Å². The molecular weight excluding hydrogens is 372 g/mol. The van der Waals surface area contributed by atoms with Crippen molar-refractivity contribution in [2.45, 2.75) is 33.2 Å². The number of phenols is 1. The van der Waals surface area contributed by atoms with Crippen LogP contribution in [0.1, 0.15) is 27.8 Å². The van der Waals surface area contributed by atoms with Crippen molar-refractivity contribution in [1.82, 2.24) is 9.80 Å². The molecule has 2 rings (SSSR count). The second-order valence-corrected chi connectivity index (χ2v) is 7.02. The number of aliphatic hydroxyl groups is 2. The van der Waals surface area contributed by atoms with Gasteiger partial charge in [-0.3, -0.25) is 14.6 Å². The van der Waals surface area contributed by atoms with E-state index in [2.05, 4.69) is 0 Å². The quantitative estimate of drug-likeness (QED) is 0.426. The van der Waals surface area contributed by atoms with Crippen LogP contribution in [-0.2, 0) is 31.1 Å². The minimum atomic E-state index is -0.933. The molecule has 0 unspecified atom stereocenters. The summed E-state index contributed by atoms with van der Waals surface area (Å²) in [4.78, 5) is 14.6. The Hall–Kier alpha value is -2.45. The third-order valence-electron chi connectivity index (χ3n) is 4.93. The first-order valence-corrected chi connectivity index (χ1v) is 9.38. The number of carboxylic acid groups (broad SMARTS) is 1. The highest BCUT2D eigenvalue weighted by molar-refractivity contribution is 5.69.